The van der Waals surface area contributed by atoms with Crippen LogP contribution in [-0.2, 0) is 20.6 Å². The number of benzene rings is 1. The van der Waals surface area contributed by atoms with Crippen molar-refractivity contribution in [3.8, 4) is 5.75 Å². The normalized spacial score (nSPS) is 11.5. The molecule has 0 spiro atoms. The summed E-state index contributed by atoms with van der Waals surface area (Å²) in [5, 5.41) is 22.8. The number of hydrogen-bond donors (Lipinski definition) is 3. The second-order valence-electron chi connectivity index (χ2n) is 5.65. The van der Waals surface area contributed by atoms with Gasteiger partial charge in [-0.15, -0.1) is 0 Å². The largest absolute Gasteiger partial charge is 0.508 e. The van der Waals surface area contributed by atoms with E-state index < -0.39 is 11.2 Å². The minimum absolute atomic E-state index is 0.105. The van der Waals surface area contributed by atoms with Crippen LogP contribution in [0.4, 0.5) is 5.95 Å². The second-order valence-corrected chi connectivity index (χ2v) is 5.65. The first-order valence-corrected chi connectivity index (χ1v) is 7.79. The van der Waals surface area contributed by atoms with E-state index in [0.717, 1.165) is 4.57 Å². The van der Waals surface area contributed by atoms with E-state index in [2.05, 4.69) is 15.5 Å². The molecule has 0 bridgehead atoms. The summed E-state index contributed by atoms with van der Waals surface area (Å²) < 4.78 is 3.71. The SMILES string of the molecule is Cn1c(=O)c2c(nc(N/N=C\c3cccc(O)c3)n2CCO)n(C)c1=O. The molecule has 10 heteroatoms. The standard InChI is InChI=1S/C16H18N6O4/c1-20-13-12(14(25)21(2)16(20)26)22(6-7-23)15(18-13)19-17-9-10-4-3-5-11(24)8-10/h3-5,8-9,23-24H,6-7H2,1-2H3,(H,18,19)/b17-9-. The van der Waals surface area contributed by atoms with Gasteiger partial charge < -0.3 is 14.8 Å². The zero-order valence-corrected chi connectivity index (χ0v) is 14.2. The topological polar surface area (TPSA) is 127 Å². The number of nitrogens with one attached hydrogen (secondary N) is 1. The molecule has 0 saturated carbocycles. The van der Waals surface area contributed by atoms with Gasteiger partial charge in [0, 0.05) is 20.6 Å². The van der Waals surface area contributed by atoms with Crippen LogP contribution in [0.5, 0.6) is 5.75 Å². The van der Waals surface area contributed by atoms with E-state index in [0.29, 0.717) is 5.56 Å². The summed E-state index contributed by atoms with van der Waals surface area (Å²) in [5.41, 5.74) is 2.76. The molecule has 3 rings (SSSR count). The van der Waals surface area contributed by atoms with Crippen LogP contribution in [0.15, 0.2) is 39.0 Å². The molecule has 0 aliphatic carbocycles. The highest BCUT2D eigenvalue weighted by Gasteiger charge is 2.18. The van der Waals surface area contributed by atoms with Gasteiger partial charge in [-0.05, 0) is 17.7 Å². The molecule has 0 aliphatic heterocycles. The fourth-order valence-corrected chi connectivity index (χ4v) is 2.62. The Kier molecular flexibility index (Phi) is 4.59. The number of aliphatic hydroxyl groups excluding tert-OH is 1. The average Bonchev–Trinajstić information content (AvgIpc) is 2.97. The quantitative estimate of drug-likeness (QED) is 0.420. The molecule has 0 aliphatic rings. The third-order valence-corrected chi connectivity index (χ3v) is 3.92. The van der Waals surface area contributed by atoms with Crippen LogP contribution in [0.25, 0.3) is 11.2 Å². The number of aliphatic hydroxyl groups is 1. The number of aromatic nitrogens is 4. The van der Waals surface area contributed by atoms with Gasteiger partial charge in [0.15, 0.2) is 11.2 Å². The summed E-state index contributed by atoms with van der Waals surface area (Å²) in [7, 11) is 2.90. The van der Waals surface area contributed by atoms with Crippen molar-refractivity contribution < 1.29 is 10.2 Å². The average molecular weight is 358 g/mol. The van der Waals surface area contributed by atoms with E-state index >= 15 is 0 Å². The molecular formula is C16H18N6O4. The van der Waals surface area contributed by atoms with Gasteiger partial charge in [-0.25, -0.2) is 10.2 Å². The number of aromatic hydroxyl groups is 1. The number of nitrogens with zero attached hydrogens (tertiary/aromatic N) is 5. The molecule has 0 radical (unpaired) electrons. The van der Waals surface area contributed by atoms with E-state index in [1.165, 1.54) is 35.5 Å². The van der Waals surface area contributed by atoms with Gasteiger partial charge >= 0.3 is 5.69 Å². The van der Waals surface area contributed by atoms with Crippen LogP contribution in [0.2, 0.25) is 0 Å². The lowest BCUT2D eigenvalue weighted by Crippen LogP contribution is -2.37. The highest BCUT2D eigenvalue weighted by atomic mass is 16.3. The minimum atomic E-state index is -0.505. The number of rotatable bonds is 5. The number of imidazole rings is 1. The lowest BCUT2D eigenvalue weighted by Gasteiger charge is -2.07. The van der Waals surface area contributed by atoms with Crippen molar-refractivity contribution in [3.63, 3.8) is 0 Å². The Morgan fingerprint density at radius 1 is 1.27 bits per heavy atom. The van der Waals surface area contributed by atoms with Gasteiger partial charge in [0.2, 0.25) is 5.95 Å². The van der Waals surface area contributed by atoms with Crippen LogP contribution in [0.3, 0.4) is 0 Å². The Morgan fingerprint density at radius 3 is 2.73 bits per heavy atom. The molecule has 0 saturated heterocycles. The molecule has 0 fully saturated rings. The monoisotopic (exact) mass is 358 g/mol. The summed E-state index contributed by atoms with van der Waals surface area (Å²) in [5.74, 6) is 0.323. The van der Waals surface area contributed by atoms with Crippen molar-refractivity contribution in [1.29, 1.82) is 0 Å². The van der Waals surface area contributed by atoms with Gasteiger partial charge in [-0.2, -0.15) is 10.1 Å². The van der Waals surface area contributed by atoms with Crippen LogP contribution in [-0.4, -0.2) is 41.7 Å². The van der Waals surface area contributed by atoms with Gasteiger partial charge in [-0.3, -0.25) is 13.9 Å². The van der Waals surface area contributed by atoms with Crippen LogP contribution >= 0.6 is 0 Å². The van der Waals surface area contributed by atoms with Gasteiger partial charge in [0.25, 0.3) is 5.56 Å². The molecule has 0 atom stereocenters. The van der Waals surface area contributed by atoms with Crippen molar-refractivity contribution in [2.24, 2.45) is 19.2 Å². The summed E-state index contributed by atoms with van der Waals surface area (Å²) in [4.78, 5) is 28.8. The number of aryl methyl sites for hydroxylation is 1. The first kappa shape index (κ1) is 17.4. The molecule has 0 amide bonds. The maximum atomic E-state index is 12.5. The molecule has 3 aromatic rings. The number of hydrogen-bond acceptors (Lipinski definition) is 7. The van der Waals surface area contributed by atoms with Crippen molar-refractivity contribution in [2.45, 2.75) is 6.54 Å². The molecule has 2 heterocycles. The second kappa shape index (κ2) is 6.84. The number of hydrazone groups is 1. The lowest BCUT2D eigenvalue weighted by molar-refractivity contribution is 0.278. The fourth-order valence-electron chi connectivity index (χ4n) is 2.62. The number of anilines is 1. The molecule has 10 nitrogen and oxygen atoms in total. The summed E-state index contributed by atoms with van der Waals surface area (Å²) in [6, 6.07) is 6.50. The van der Waals surface area contributed by atoms with E-state index in [-0.39, 0.29) is 36.0 Å². The molecule has 3 N–H and O–H groups in total. The Balaban J connectivity index is 2.07. The maximum Gasteiger partial charge on any atom is 0.332 e. The minimum Gasteiger partial charge on any atom is -0.508 e. The number of fused-ring (bicyclic) bond motifs is 1. The van der Waals surface area contributed by atoms with Gasteiger partial charge in [-0.1, -0.05) is 12.1 Å². The lowest BCUT2D eigenvalue weighted by atomic mass is 10.2. The Morgan fingerprint density at radius 2 is 2.04 bits per heavy atom. The molecular weight excluding hydrogens is 340 g/mol. The molecule has 2 aromatic heterocycles. The maximum absolute atomic E-state index is 12.5. The molecule has 136 valence electrons. The Hall–Kier alpha value is -3.40. The van der Waals surface area contributed by atoms with Crippen molar-refractivity contribution in [3.05, 3.63) is 50.7 Å². The summed E-state index contributed by atoms with van der Waals surface area (Å²) in [6.07, 6.45) is 1.47. The first-order valence-electron chi connectivity index (χ1n) is 7.79. The molecule has 26 heavy (non-hydrogen) atoms. The van der Waals surface area contributed by atoms with E-state index in [9.17, 15) is 19.8 Å². The van der Waals surface area contributed by atoms with Crippen LogP contribution < -0.4 is 16.7 Å². The van der Waals surface area contributed by atoms with E-state index in [4.69, 9.17) is 0 Å². The van der Waals surface area contributed by atoms with Crippen LogP contribution in [0, 0.1) is 0 Å². The zero-order valence-electron chi connectivity index (χ0n) is 14.2. The highest BCUT2D eigenvalue weighted by molar-refractivity contribution is 5.81. The summed E-state index contributed by atoms with van der Waals surface area (Å²) >= 11 is 0. The molecule has 0 unspecified atom stereocenters. The third-order valence-electron chi connectivity index (χ3n) is 3.92. The van der Waals surface area contributed by atoms with Crippen molar-refractivity contribution >= 4 is 23.3 Å². The van der Waals surface area contributed by atoms with Gasteiger partial charge in [0.1, 0.15) is 5.75 Å². The van der Waals surface area contributed by atoms with E-state index in [1.54, 1.807) is 18.2 Å². The summed E-state index contributed by atoms with van der Waals surface area (Å²) in [6.45, 7) is -0.115. The predicted octanol–water partition coefficient (Wildman–Crippen LogP) is -0.422. The fraction of sp³-hybridized carbons (Fsp3) is 0.250. The van der Waals surface area contributed by atoms with Crippen molar-refractivity contribution in [1.82, 2.24) is 18.7 Å². The van der Waals surface area contributed by atoms with Gasteiger partial charge in [0.05, 0.1) is 12.8 Å². The van der Waals surface area contributed by atoms with Crippen LogP contribution in [0.1, 0.15) is 5.56 Å². The first-order chi connectivity index (χ1) is 12.4. The number of phenolic OH excluding ortho intramolecular Hbond substituents is 1. The Bertz CT molecular complexity index is 1110. The molecule has 1 aromatic carbocycles. The Labute approximate surface area is 147 Å². The van der Waals surface area contributed by atoms with E-state index in [1.807, 2.05) is 0 Å². The number of phenols is 1. The predicted molar refractivity (Wildman–Crippen MR) is 96.6 cm³/mol. The third kappa shape index (κ3) is 2.97. The smallest absolute Gasteiger partial charge is 0.332 e. The highest BCUT2D eigenvalue weighted by Crippen LogP contribution is 2.15. The zero-order chi connectivity index (χ0) is 18.8. The van der Waals surface area contributed by atoms with Crippen molar-refractivity contribution in [2.75, 3.05) is 12.0 Å².